The van der Waals surface area contributed by atoms with E-state index in [0.29, 0.717) is 12.0 Å². The van der Waals surface area contributed by atoms with E-state index in [1.165, 1.54) is 16.7 Å². The van der Waals surface area contributed by atoms with Gasteiger partial charge in [-0.25, -0.2) is 0 Å². The normalized spacial score (nSPS) is 12.9. The molecule has 18 heavy (non-hydrogen) atoms. The summed E-state index contributed by atoms with van der Waals surface area (Å²) in [6.07, 6.45) is 3.77. The summed E-state index contributed by atoms with van der Waals surface area (Å²) in [6.45, 7) is 7.46. The number of rotatable bonds is 5. The molecule has 0 aliphatic heterocycles. The Balaban J connectivity index is 1.94. The van der Waals surface area contributed by atoms with E-state index in [1.54, 1.807) is 0 Å². The third-order valence-corrected chi connectivity index (χ3v) is 3.27. The number of aromatic amines is 1. The summed E-state index contributed by atoms with van der Waals surface area (Å²) in [5.41, 5.74) is 3.89. The van der Waals surface area contributed by atoms with E-state index in [4.69, 9.17) is 0 Å². The van der Waals surface area contributed by atoms with Gasteiger partial charge in [0.05, 0.1) is 6.20 Å². The summed E-state index contributed by atoms with van der Waals surface area (Å²) in [4.78, 5) is 0. The van der Waals surface area contributed by atoms with Crippen LogP contribution in [0.2, 0.25) is 0 Å². The minimum absolute atomic E-state index is 0.348. The molecule has 1 aromatic heterocycles. The van der Waals surface area contributed by atoms with Crippen LogP contribution in [0.4, 0.5) is 0 Å². The van der Waals surface area contributed by atoms with E-state index in [2.05, 4.69) is 60.6 Å². The van der Waals surface area contributed by atoms with Crippen molar-refractivity contribution in [1.82, 2.24) is 15.5 Å². The van der Waals surface area contributed by atoms with E-state index < -0.39 is 0 Å². The molecule has 0 spiro atoms. The van der Waals surface area contributed by atoms with Gasteiger partial charge in [-0.2, -0.15) is 5.10 Å². The molecule has 1 heterocycles. The quantitative estimate of drug-likeness (QED) is 0.845. The average molecular weight is 243 g/mol. The lowest BCUT2D eigenvalue weighted by molar-refractivity contribution is 0.574. The molecule has 2 aromatic rings. The third-order valence-electron chi connectivity index (χ3n) is 3.27. The van der Waals surface area contributed by atoms with Crippen LogP contribution < -0.4 is 5.32 Å². The maximum absolute atomic E-state index is 3.94. The second-order valence-corrected chi connectivity index (χ2v) is 5.03. The Morgan fingerprint density at radius 3 is 2.33 bits per heavy atom. The van der Waals surface area contributed by atoms with Gasteiger partial charge in [-0.3, -0.25) is 5.10 Å². The number of nitrogens with one attached hydrogen (secondary N) is 2. The summed E-state index contributed by atoms with van der Waals surface area (Å²) in [5, 5.41) is 10.3. The highest BCUT2D eigenvalue weighted by molar-refractivity contribution is 5.26. The van der Waals surface area contributed by atoms with Crippen LogP contribution in [0.15, 0.2) is 36.7 Å². The molecule has 1 aromatic carbocycles. The van der Waals surface area contributed by atoms with Gasteiger partial charge in [0, 0.05) is 24.3 Å². The van der Waals surface area contributed by atoms with Crippen molar-refractivity contribution in [1.29, 1.82) is 0 Å². The minimum Gasteiger partial charge on any atom is -0.306 e. The van der Waals surface area contributed by atoms with E-state index in [0.717, 1.165) is 6.54 Å². The lowest BCUT2D eigenvalue weighted by Crippen LogP contribution is -2.17. The molecule has 0 amide bonds. The highest BCUT2D eigenvalue weighted by atomic mass is 15.1. The number of hydrogen-bond acceptors (Lipinski definition) is 2. The topological polar surface area (TPSA) is 40.7 Å². The van der Waals surface area contributed by atoms with Gasteiger partial charge in [-0.1, -0.05) is 38.1 Å². The molecule has 2 rings (SSSR count). The lowest BCUT2D eigenvalue weighted by Gasteiger charge is -2.15. The highest BCUT2D eigenvalue weighted by Gasteiger charge is 2.06. The Morgan fingerprint density at radius 1 is 1.11 bits per heavy atom. The molecule has 3 nitrogen and oxygen atoms in total. The van der Waals surface area contributed by atoms with Crippen molar-refractivity contribution in [2.75, 3.05) is 0 Å². The van der Waals surface area contributed by atoms with Crippen molar-refractivity contribution >= 4 is 0 Å². The van der Waals surface area contributed by atoms with Crippen molar-refractivity contribution in [3.8, 4) is 0 Å². The SMILES string of the molecule is CC(C)c1ccc(C(C)NCc2cn[nH]c2)cc1. The summed E-state index contributed by atoms with van der Waals surface area (Å²) in [5.74, 6) is 0.591. The van der Waals surface area contributed by atoms with Crippen LogP contribution >= 0.6 is 0 Å². The summed E-state index contributed by atoms with van der Waals surface area (Å²) in [6, 6.07) is 9.21. The van der Waals surface area contributed by atoms with Gasteiger partial charge in [0.25, 0.3) is 0 Å². The summed E-state index contributed by atoms with van der Waals surface area (Å²) < 4.78 is 0. The molecule has 0 saturated carbocycles. The molecule has 0 aliphatic carbocycles. The first-order valence-corrected chi connectivity index (χ1v) is 6.47. The van der Waals surface area contributed by atoms with E-state index in [9.17, 15) is 0 Å². The number of H-pyrrole nitrogens is 1. The predicted molar refractivity (Wildman–Crippen MR) is 74.4 cm³/mol. The molecule has 96 valence electrons. The van der Waals surface area contributed by atoms with Gasteiger partial charge < -0.3 is 5.32 Å². The van der Waals surface area contributed by atoms with Crippen LogP contribution in [-0.4, -0.2) is 10.2 Å². The largest absolute Gasteiger partial charge is 0.306 e. The third kappa shape index (κ3) is 3.20. The Morgan fingerprint density at radius 2 is 1.78 bits per heavy atom. The molecule has 0 saturated heterocycles. The van der Waals surface area contributed by atoms with E-state index in [1.807, 2.05) is 12.4 Å². The van der Waals surface area contributed by atoms with Crippen LogP contribution in [0.1, 0.15) is 49.4 Å². The van der Waals surface area contributed by atoms with Crippen LogP contribution in [0, 0.1) is 0 Å². The maximum Gasteiger partial charge on any atom is 0.0532 e. The first-order chi connectivity index (χ1) is 8.66. The standard InChI is InChI=1S/C15H21N3/c1-11(2)14-4-6-15(7-5-14)12(3)16-8-13-9-17-18-10-13/h4-7,9-12,16H,8H2,1-3H3,(H,17,18). The minimum atomic E-state index is 0.348. The monoisotopic (exact) mass is 243 g/mol. The molecule has 0 radical (unpaired) electrons. The van der Waals surface area contributed by atoms with Gasteiger partial charge in [0.2, 0.25) is 0 Å². The summed E-state index contributed by atoms with van der Waals surface area (Å²) >= 11 is 0. The van der Waals surface area contributed by atoms with Crippen molar-refractivity contribution < 1.29 is 0 Å². The van der Waals surface area contributed by atoms with Crippen molar-refractivity contribution in [3.05, 3.63) is 53.3 Å². The van der Waals surface area contributed by atoms with Crippen molar-refractivity contribution in [2.45, 2.75) is 39.3 Å². The van der Waals surface area contributed by atoms with Gasteiger partial charge >= 0.3 is 0 Å². The molecule has 2 N–H and O–H groups in total. The first kappa shape index (κ1) is 12.8. The molecule has 1 atom stereocenters. The predicted octanol–water partition coefficient (Wildman–Crippen LogP) is 3.38. The molecule has 3 heteroatoms. The van der Waals surface area contributed by atoms with Gasteiger partial charge in [-0.15, -0.1) is 0 Å². The molecule has 0 aliphatic rings. The molecular weight excluding hydrogens is 222 g/mol. The zero-order valence-corrected chi connectivity index (χ0v) is 11.3. The Bertz CT molecular complexity index is 457. The number of nitrogens with zero attached hydrogens (tertiary/aromatic N) is 1. The molecule has 0 fully saturated rings. The number of aromatic nitrogens is 2. The van der Waals surface area contributed by atoms with E-state index in [-0.39, 0.29) is 0 Å². The fourth-order valence-corrected chi connectivity index (χ4v) is 1.93. The van der Waals surface area contributed by atoms with Gasteiger partial charge in [-0.05, 0) is 24.0 Å². The first-order valence-electron chi connectivity index (χ1n) is 6.47. The van der Waals surface area contributed by atoms with Crippen LogP contribution in [0.3, 0.4) is 0 Å². The van der Waals surface area contributed by atoms with E-state index >= 15 is 0 Å². The zero-order chi connectivity index (χ0) is 13.0. The van der Waals surface area contributed by atoms with Crippen molar-refractivity contribution in [2.24, 2.45) is 0 Å². The lowest BCUT2D eigenvalue weighted by atomic mass is 9.99. The number of hydrogen-bond donors (Lipinski definition) is 2. The van der Waals surface area contributed by atoms with Crippen molar-refractivity contribution in [3.63, 3.8) is 0 Å². The zero-order valence-electron chi connectivity index (χ0n) is 11.3. The second-order valence-electron chi connectivity index (χ2n) is 5.03. The van der Waals surface area contributed by atoms with Crippen LogP contribution in [-0.2, 0) is 6.54 Å². The Hall–Kier alpha value is -1.61. The fourth-order valence-electron chi connectivity index (χ4n) is 1.93. The smallest absolute Gasteiger partial charge is 0.0532 e. The maximum atomic E-state index is 3.94. The highest BCUT2D eigenvalue weighted by Crippen LogP contribution is 2.18. The second kappa shape index (κ2) is 5.83. The Kier molecular flexibility index (Phi) is 4.15. The number of benzene rings is 1. The Labute approximate surface area is 109 Å². The molecule has 1 unspecified atom stereocenters. The van der Waals surface area contributed by atoms with Gasteiger partial charge in [0.1, 0.15) is 0 Å². The average Bonchev–Trinajstić information content (AvgIpc) is 2.89. The molecule has 0 bridgehead atoms. The van der Waals surface area contributed by atoms with Gasteiger partial charge in [0.15, 0.2) is 0 Å². The summed E-state index contributed by atoms with van der Waals surface area (Å²) in [7, 11) is 0. The van der Waals surface area contributed by atoms with Crippen LogP contribution in [0.25, 0.3) is 0 Å². The fraction of sp³-hybridized carbons (Fsp3) is 0.400. The molecular formula is C15H21N3. The van der Waals surface area contributed by atoms with Crippen LogP contribution in [0.5, 0.6) is 0 Å².